The van der Waals surface area contributed by atoms with E-state index in [-0.39, 0.29) is 0 Å². The lowest BCUT2D eigenvalue weighted by Gasteiger charge is -2.26. The van der Waals surface area contributed by atoms with Crippen molar-refractivity contribution < 1.29 is 0 Å². The minimum atomic E-state index is 0.491. The number of hydrogen-bond acceptors (Lipinski definition) is 3. The first-order chi connectivity index (χ1) is 17.7. The van der Waals surface area contributed by atoms with Gasteiger partial charge in [-0.25, -0.2) is 0 Å². The van der Waals surface area contributed by atoms with Gasteiger partial charge in [-0.15, -0.1) is 0 Å². The number of nitrogens with zero attached hydrogens (tertiary/aromatic N) is 4. The van der Waals surface area contributed by atoms with Gasteiger partial charge in [0.25, 0.3) is 0 Å². The van der Waals surface area contributed by atoms with Gasteiger partial charge in [-0.3, -0.25) is 0 Å². The van der Waals surface area contributed by atoms with Crippen LogP contribution in [0.4, 0.5) is 11.4 Å². The van der Waals surface area contributed by atoms with Gasteiger partial charge in [0.2, 0.25) is 0 Å². The SMILES string of the molecule is C=C1/C=C\C=C/N(c2cc(C#N)c(-n3c4c(c5ccccc53)CCC=C4)cc2C#N)c2ccccc21. The number of para-hydroxylation sites is 2. The van der Waals surface area contributed by atoms with Crippen molar-refractivity contribution in [3.63, 3.8) is 0 Å². The third kappa shape index (κ3) is 3.28. The molecular formula is C32H22N4. The third-order valence-corrected chi connectivity index (χ3v) is 6.87. The number of aromatic nitrogens is 1. The van der Waals surface area contributed by atoms with Crippen LogP contribution in [-0.2, 0) is 6.42 Å². The molecule has 36 heavy (non-hydrogen) atoms. The molecule has 170 valence electrons. The maximum absolute atomic E-state index is 10.3. The Kier molecular flexibility index (Phi) is 5.14. The van der Waals surface area contributed by atoms with E-state index >= 15 is 0 Å². The molecule has 6 rings (SSSR count). The molecule has 0 fully saturated rings. The Bertz CT molecular complexity index is 1730. The highest BCUT2D eigenvalue weighted by atomic mass is 15.1. The zero-order valence-corrected chi connectivity index (χ0v) is 19.6. The molecule has 0 bridgehead atoms. The number of anilines is 2. The van der Waals surface area contributed by atoms with Crippen molar-refractivity contribution in [1.29, 1.82) is 10.5 Å². The first kappa shape index (κ1) is 21.5. The largest absolute Gasteiger partial charge is 0.315 e. The monoisotopic (exact) mass is 462 g/mol. The first-order valence-corrected chi connectivity index (χ1v) is 11.9. The van der Waals surface area contributed by atoms with Crippen LogP contribution >= 0.6 is 0 Å². The number of benzene rings is 3. The molecule has 0 amide bonds. The van der Waals surface area contributed by atoms with Gasteiger partial charge < -0.3 is 9.47 Å². The van der Waals surface area contributed by atoms with Crippen molar-refractivity contribution in [2.45, 2.75) is 12.8 Å². The van der Waals surface area contributed by atoms with Crippen LogP contribution in [0.5, 0.6) is 0 Å². The Morgan fingerprint density at radius 1 is 0.806 bits per heavy atom. The normalized spacial score (nSPS) is 15.8. The molecule has 1 aliphatic carbocycles. The highest BCUT2D eigenvalue weighted by Crippen LogP contribution is 2.40. The number of fused-ring (bicyclic) bond motifs is 4. The van der Waals surface area contributed by atoms with E-state index in [0.29, 0.717) is 16.8 Å². The average Bonchev–Trinajstić information content (AvgIpc) is 3.26. The Labute approximate surface area is 210 Å². The fourth-order valence-corrected chi connectivity index (χ4v) is 5.23. The molecule has 1 aromatic heterocycles. The maximum atomic E-state index is 10.3. The van der Waals surface area contributed by atoms with E-state index in [2.05, 4.69) is 47.6 Å². The standard InChI is InChI=1S/C32H22N4/c1-22-10-8-9-17-35(28-14-5-2-11-25(22)28)31-18-24(21-34)32(19-23(31)20-33)36-29-15-6-3-12-26(29)27-13-4-7-16-30(27)36/h2-3,5-12,14-19H,1,4,13H2/b10-8-,17-9-. The van der Waals surface area contributed by atoms with Crippen LogP contribution in [0.3, 0.4) is 0 Å². The lowest BCUT2D eigenvalue weighted by molar-refractivity contribution is 0.966. The van der Waals surface area contributed by atoms with Gasteiger partial charge in [0.05, 0.1) is 33.7 Å². The highest BCUT2D eigenvalue weighted by molar-refractivity contribution is 5.92. The molecule has 3 aromatic carbocycles. The lowest BCUT2D eigenvalue weighted by atomic mass is 10.00. The Morgan fingerprint density at radius 2 is 1.56 bits per heavy atom. The summed E-state index contributed by atoms with van der Waals surface area (Å²) in [5.41, 5.74) is 8.54. The zero-order valence-electron chi connectivity index (χ0n) is 19.6. The van der Waals surface area contributed by atoms with Crippen LogP contribution in [-0.4, -0.2) is 4.57 Å². The summed E-state index contributed by atoms with van der Waals surface area (Å²) in [4.78, 5) is 1.97. The van der Waals surface area contributed by atoms with Gasteiger partial charge in [-0.05, 0) is 60.4 Å². The summed E-state index contributed by atoms with van der Waals surface area (Å²) in [6.45, 7) is 4.20. The Balaban J connectivity index is 1.62. The molecule has 4 heteroatoms. The fourth-order valence-electron chi connectivity index (χ4n) is 5.23. The van der Waals surface area contributed by atoms with Crippen molar-refractivity contribution >= 4 is 33.9 Å². The molecule has 0 saturated carbocycles. The number of hydrogen-bond donors (Lipinski definition) is 0. The summed E-state index contributed by atoms with van der Waals surface area (Å²) < 4.78 is 2.13. The van der Waals surface area contributed by atoms with E-state index in [4.69, 9.17) is 0 Å². The number of nitriles is 2. The summed E-state index contributed by atoms with van der Waals surface area (Å²) in [5, 5.41) is 21.8. The number of rotatable bonds is 2. The topological polar surface area (TPSA) is 55.8 Å². The summed E-state index contributed by atoms with van der Waals surface area (Å²) >= 11 is 0. The highest BCUT2D eigenvalue weighted by Gasteiger charge is 2.23. The van der Waals surface area contributed by atoms with Gasteiger partial charge in [-0.1, -0.05) is 61.2 Å². The summed E-state index contributed by atoms with van der Waals surface area (Å²) in [6, 6.07) is 24.7. The third-order valence-electron chi connectivity index (χ3n) is 6.87. The van der Waals surface area contributed by atoms with Crippen molar-refractivity contribution in [2.75, 3.05) is 4.90 Å². The molecule has 0 radical (unpaired) electrons. The summed E-state index contributed by atoms with van der Waals surface area (Å²) in [5.74, 6) is 0. The van der Waals surface area contributed by atoms with Crippen LogP contribution in [0.15, 0.2) is 97.7 Å². The van der Waals surface area contributed by atoms with Crippen LogP contribution in [0, 0.1) is 22.7 Å². The van der Waals surface area contributed by atoms with E-state index in [0.717, 1.165) is 46.6 Å². The minimum Gasteiger partial charge on any atom is -0.315 e. The van der Waals surface area contributed by atoms with Gasteiger partial charge in [-0.2, -0.15) is 10.5 Å². The first-order valence-electron chi connectivity index (χ1n) is 11.9. The van der Waals surface area contributed by atoms with Gasteiger partial charge >= 0.3 is 0 Å². The maximum Gasteiger partial charge on any atom is 0.101 e. The summed E-state index contributed by atoms with van der Waals surface area (Å²) in [6.07, 6.45) is 14.0. The van der Waals surface area contributed by atoms with Gasteiger partial charge in [0.15, 0.2) is 0 Å². The van der Waals surface area contributed by atoms with Crippen molar-refractivity contribution in [2.24, 2.45) is 0 Å². The second-order valence-electron chi connectivity index (χ2n) is 8.88. The smallest absolute Gasteiger partial charge is 0.101 e. The van der Waals surface area contributed by atoms with E-state index in [1.165, 1.54) is 10.9 Å². The quantitative estimate of drug-likeness (QED) is 0.309. The second-order valence-corrected chi connectivity index (χ2v) is 8.88. The summed E-state index contributed by atoms with van der Waals surface area (Å²) in [7, 11) is 0. The van der Waals surface area contributed by atoms with Gasteiger partial charge in [0, 0.05) is 22.8 Å². The molecule has 2 aliphatic rings. The van der Waals surface area contributed by atoms with Crippen LogP contribution < -0.4 is 4.90 Å². The van der Waals surface area contributed by atoms with E-state index in [1.807, 2.05) is 77.9 Å². The minimum absolute atomic E-state index is 0.491. The van der Waals surface area contributed by atoms with Crippen LogP contribution in [0.2, 0.25) is 0 Å². The van der Waals surface area contributed by atoms with Gasteiger partial charge in [0.1, 0.15) is 12.1 Å². The molecule has 0 unspecified atom stereocenters. The molecular weight excluding hydrogens is 440 g/mol. The Hall–Kier alpha value is -5.06. The molecule has 4 aromatic rings. The van der Waals surface area contributed by atoms with Crippen LogP contribution in [0.25, 0.3) is 28.2 Å². The molecule has 2 heterocycles. The fraction of sp³-hybridized carbons (Fsp3) is 0.0625. The van der Waals surface area contributed by atoms with Crippen molar-refractivity contribution in [3.8, 4) is 17.8 Å². The lowest BCUT2D eigenvalue weighted by Crippen LogP contribution is -2.14. The van der Waals surface area contributed by atoms with Crippen LogP contribution in [0.1, 0.15) is 34.4 Å². The molecule has 1 aliphatic heterocycles. The van der Waals surface area contributed by atoms with E-state index < -0.39 is 0 Å². The van der Waals surface area contributed by atoms with E-state index in [9.17, 15) is 10.5 Å². The average molecular weight is 463 g/mol. The zero-order chi connectivity index (χ0) is 24.6. The molecule has 0 saturated heterocycles. The molecule has 4 nitrogen and oxygen atoms in total. The second kappa shape index (κ2) is 8.62. The Morgan fingerprint density at radius 3 is 2.42 bits per heavy atom. The number of allylic oxidation sites excluding steroid dienone is 5. The number of aryl methyl sites for hydroxylation is 1. The van der Waals surface area contributed by atoms with Crippen molar-refractivity contribution in [1.82, 2.24) is 4.57 Å². The molecule has 0 N–H and O–H groups in total. The molecule has 0 atom stereocenters. The predicted molar refractivity (Wildman–Crippen MR) is 146 cm³/mol. The van der Waals surface area contributed by atoms with Crippen molar-refractivity contribution in [3.05, 3.63) is 126 Å². The van der Waals surface area contributed by atoms with E-state index in [1.54, 1.807) is 0 Å². The molecule has 0 spiro atoms. The predicted octanol–water partition coefficient (Wildman–Crippen LogP) is 7.57.